The Morgan fingerprint density at radius 2 is 2.07 bits per heavy atom. The summed E-state index contributed by atoms with van der Waals surface area (Å²) in [5.41, 5.74) is 1.10. The van der Waals surface area contributed by atoms with Gasteiger partial charge in [-0.3, -0.25) is 4.52 Å². The standard InChI is InChI=1S/C7H10Cl3O4P/c1-3-12-15(11,13-5-7(9)10)14-6(2)4-8/h4-5H,3H2,1-2H3. The average Bonchev–Trinajstić information content (AvgIpc) is 2.15. The maximum Gasteiger partial charge on any atom is 0.586 e. The lowest BCUT2D eigenvalue weighted by Gasteiger charge is -2.15. The van der Waals surface area contributed by atoms with Crippen molar-refractivity contribution in [3.63, 3.8) is 0 Å². The molecule has 0 aromatic heterocycles. The van der Waals surface area contributed by atoms with Crippen LogP contribution >= 0.6 is 42.6 Å². The monoisotopic (exact) mass is 294 g/mol. The average molecular weight is 295 g/mol. The van der Waals surface area contributed by atoms with Crippen LogP contribution in [-0.2, 0) is 18.1 Å². The topological polar surface area (TPSA) is 44.8 Å². The zero-order valence-corrected chi connectivity index (χ0v) is 11.2. The van der Waals surface area contributed by atoms with E-state index in [9.17, 15) is 4.57 Å². The molecule has 0 aliphatic heterocycles. The smallest absolute Gasteiger partial charge is 0.400 e. The Labute approximate surface area is 103 Å². The van der Waals surface area contributed by atoms with Crippen LogP contribution in [0.25, 0.3) is 0 Å². The number of halogens is 3. The zero-order chi connectivity index (χ0) is 11.9. The molecule has 8 heteroatoms. The highest BCUT2D eigenvalue weighted by molar-refractivity contribution is 7.48. The summed E-state index contributed by atoms with van der Waals surface area (Å²) >= 11 is 15.9. The molecular weight excluding hydrogens is 285 g/mol. The van der Waals surface area contributed by atoms with Crippen molar-refractivity contribution in [2.75, 3.05) is 6.61 Å². The maximum absolute atomic E-state index is 11.8. The van der Waals surface area contributed by atoms with Crippen LogP contribution in [0.4, 0.5) is 0 Å². The fraction of sp³-hybridized carbons (Fsp3) is 0.429. The Morgan fingerprint density at radius 1 is 1.47 bits per heavy atom. The van der Waals surface area contributed by atoms with Gasteiger partial charge in [0.15, 0.2) is 0 Å². The molecule has 0 aromatic rings. The van der Waals surface area contributed by atoms with Gasteiger partial charge in [0.05, 0.1) is 6.61 Å². The van der Waals surface area contributed by atoms with Gasteiger partial charge in [-0.2, -0.15) is 0 Å². The van der Waals surface area contributed by atoms with E-state index in [0.29, 0.717) is 0 Å². The lowest BCUT2D eigenvalue weighted by atomic mass is 10.7. The van der Waals surface area contributed by atoms with Gasteiger partial charge in [0.2, 0.25) is 0 Å². The highest BCUT2D eigenvalue weighted by atomic mass is 35.5. The molecule has 88 valence electrons. The van der Waals surface area contributed by atoms with Crippen LogP contribution < -0.4 is 0 Å². The van der Waals surface area contributed by atoms with Crippen molar-refractivity contribution < 1.29 is 18.1 Å². The summed E-state index contributed by atoms with van der Waals surface area (Å²) in [7, 11) is -3.74. The first-order valence-electron chi connectivity index (χ1n) is 3.84. The van der Waals surface area contributed by atoms with E-state index in [1.54, 1.807) is 6.92 Å². The SMILES string of the molecule is CCOP(=O)(OC=C(Cl)Cl)OC(C)=CCl. The molecule has 0 aliphatic rings. The van der Waals surface area contributed by atoms with Gasteiger partial charge in [-0.1, -0.05) is 34.8 Å². The largest absolute Gasteiger partial charge is 0.586 e. The molecule has 0 amide bonds. The number of hydrogen-bond acceptors (Lipinski definition) is 4. The molecule has 4 nitrogen and oxygen atoms in total. The van der Waals surface area contributed by atoms with Crippen LogP contribution in [-0.4, -0.2) is 6.61 Å². The zero-order valence-electron chi connectivity index (χ0n) is 8.08. The molecule has 1 atom stereocenters. The lowest BCUT2D eigenvalue weighted by Crippen LogP contribution is -1.95. The van der Waals surface area contributed by atoms with Crippen molar-refractivity contribution >= 4 is 42.6 Å². The number of hydrogen-bond donors (Lipinski definition) is 0. The van der Waals surface area contributed by atoms with Crippen molar-refractivity contribution in [3.05, 3.63) is 22.0 Å². The highest BCUT2D eigenvalue weighted by Crippen LogP contribution is 2.51. The summed E-state index contributed by atoms with van der Waals surface area (Å²) in [5, 5.41) is 0. The second-order valence-corrected chi connectivity index (χ2v) is 4.96. The minimum absolute atomic E-state index is 0.139. The Kier molecular flexibility index (Phi) is 7.49. The second-order valence-electron chi connectivity index (χ2n) is 2.19. The summed E-state index contributed by atoms with van der Waals surface area (Å²) < 4.78 is 25.9. The van der Waals surface area contributed by atoms with Gasteiger partial charge < -0.3 is 9.05 Å². The first-order valence-corrected chi connectivity index (χ1v) is 6.49. The van der Waals surface area contributed by atoms with Gasteiger partial charge in [0.25, 0.3) is 0 Å². The van der Waals surface area contributed by atoms with E-state index in [0.717, 1.165) is 11.8 Å². The minimum Gasteiger partial charge on any atom is -0.400 e. The molecule has 0 saturated heterocycles. The van der Waals surface area contributed by atoms with E-state index < -0.39 is 7.82 Å². The van der Waals surface area contributed by atoms with Crippen LogP contribution in [0, 0.1) is 0 Å². The Balaban J connectivity index is 4.59. The molecule has 15 heavy (non-hydrogen) atoms. The summed E-state index contributed by atoms with van der Waals surface area (Å²) in [5.74, 6) is 0.188. The van der Waals surface area contributed by atoms with Gasteiger partial charge in [0.1, 0.15) is 16.5 Å². The van der Waals surface area contributed by atoms with E-state index in [1.807, 2.05) is 0 Å². The van der Waals surface area contributed by atoms with E-state index in [4.69, 9.17) is 43.9 Å². The Hall–Kier alpha value is 0.140. The predicted molar refractivity (Wildman–Crippen MR) is 60.8 cm³/mol. The molecule has 0 aliphatic carbocycles. The molecule has 0 saturated carbocycles. The van der Waals surface area contributed by atoms with Gasteiger partial charge >= 0.3 is 7.82 Å². The van der Waals surface area contributed by atoms with Crippen LogP contribution in [0.1, 0.15) is 13.8 Å². The molecule has 0 radical (unpaired) electrons. The number of rotatable bonds is 6. The normalized spacial score (nSPS) is 15.4. The maximum atomic E-state index is 11.8. The molecule has 1 unspecified atom stereocenters. The third kappa shape index (κ3) is 7.09. The fourth-order valence-electron chi connectivity index (χ4n) is 0.537. The molecule has 0 heterocycles. The first kappa shape index (κ1) is 15.1. The molecule has 0 aromatic carbocycles. The van der Waals surface area contributed by atoms with Gasteiger partial charge in [-0.05, 0) is 13.8 Å². The van der Waals surface area contributed by atoms with Crippen LogP contribution in [0.2, 0.25) is 0 Å². The van der Waals surface area contributed by atoms with E-state index in [1.165, 1.54) is 6.92 Å². The predicted octanol–water partition coefficient (Wildman–Crippen LogP) is 4.54. The second kappa shape index (κ2) is 7.42. The van der Waals surface area contributed by atoms with Gasteiger partial charge in [-0.25, -0.2) is 4.57 Å². The van der Waals surface area contributed by atoms with Crippen molar-refractivity contribution in [3.8, 4) is 0 Å². The summed E-state index contributed by atoms with van der Waals surface area (Å²) in [4.78, 5) is 0. The molecule has 0 N–H and O–H groups in total. The molecule has 0 fully saturated rings. The summed E-state index contributed by atoms with van der Waals surface area (Å²) in [6.45, 7) is 3.26. The molecular formula is C7H10Cl3O4P. The highest BCUT2D eigenvalue weighted by Gasteiger charge is 2.28. The van der Waals surface area contributed by atoms with E-state index in [-0.39, 0.29) is 16.9 Å². The van der Waals surface area contributed by atoms with Crippen molar-refractivity contribution in [2.45, 2.75) is 13.8 Å². The summed E-state index contributed by atoms with van der Waals surface area (Å²) in [6, 6.07) is 0. The van der Waals surface area contributed by atoms with Gasteiger partial charge in [-0.15, -0.1) is 0 Å². The number of phosphoric ester groups is 1. The van der Waals surface area contributed by atoms with E-state index >= 15 is 0 Å². The van der Waals surface area contributed by atoms with Crippen LogP contribution in [0.5, 0.6) is 0 Å². The van der Waals surface area contributed by atoms with Crippen molar-refractivity contribution in [2.24, 2.45) is 0 Å². The number of allylic oxidation sites excluding steroid dienone is 1. The molecule has 0 spiro atoms. The quantitative estimate of drug-likeness (QED) is 0.533. The lowest BCUT2D eigenvalue weighted by molar-refractivity contribution is 0.177. The summed E-state index contributed by atoms with van der Waals surface area (Å²) in [6.07, 6.45) is 0.862. The fourth-order valence-corrected chi connectivity index (χ4v) is 1.97. The number of phosphoric acid groups is 1. The van der Waals surface area contributed by atoms with Crippen molar-refractivity contribution in [1.29, 1.82) is 0 Å². The Morgan fingerprint density at radius 3 is 2.47 bits per heavy atom. The van der Waals surface area contributed by atoms with E-state index in [2.05, 4.69) is 4.52 Å². The molecule has 0 rings (SSSR count). The minimum atomic E-state index is -3.74. The third-order valence-corrected chi connectivity index (χ3v) is 2.90. The van der Waals surface area contributed by atoms with Gasteiger partial charge in [0, 0.05) is 5.54 Å². The van der Waals surface area contributed by atoms with Crippen molar-refractivity contribution in [1.82, 2.24) is 0 Å². The molecule has 0 bridgehead atoms. The Bertz CT molecular complexity index is 299. The first-order chi connectivity index (χ1) is 6.93. The third-order valence-electron chi connectivity index (χ3n) is 0.968. The van der Waals surface area contributed by atoms with Crippen LogP contribution in [0.15, 0.2) is 22.0 Å². The van der Waals surface area contributed by atoms with Crippen LogP contribution in [0.3, 0.4) is 0 Å².